The van der Waals surface area contributed by atoms with E-state index < -0.39 is 0 Å². The molecule has 158 valence electrons. The quantitative estimate of drug-likeness (QED) is 0.500. The van der Waals surface area contributed by atoms with Crippen LogP contribution in [0.1, 0.15) is 36.6 Å². The Hall–Kier alpha value is -3.87. The summed E-state index contributed by atoms with van der Waals surface area (Å²) in [4.78, 5) is 24.9. The number of amides is 2. The molecule has 0 aliphatic heterocycles. The molecule has 0 radical (unpaired) electrons. The molecule has 0 saturated carbocycles. The van der Waals surface area contributed by atoms with Gasteiger partial charge in [0.1, 0.15) is 0 Å². The largest absolute Gasteiger partial charge is 0.350 e. The monoisotopic (exact) mass is 415 g/mol. The van der Waals surface area contributed by atoms with Crippen LogP contribution >= 0.6 is 0 Å². The molecular formula is C24H25N5O2. The molecule has 0 spiro atoms. The first-order chi connectivity index (χ1) is 15.0. The summed E-state index contributed by atoms with van der Waals surface area (Å²) >= 11 is 0. The molecule has 4 rings (SSSR count). The number of rotatable bonds is 6. The zero-order chi connectivity index (χ0) is 21.8. The third-order valence-corrected chi connectivity index (χ3v) is 5.24. The molecule has 2 aromatic heterocycles. The van der Waals surface area contributed by atoms with Gasteiger partial charge in [-0.25, -0.2) is 14.3 Å². The van der Waals surface area contributed by atoms with Crippen molar-refractivity contribution >= 4 is 17.4 Å². The Morgan fingerprint density at radius 2 is 1.84 bits per heavy atom. The average molecular weight is 415 g/mol. The van der Waals surface area contributed by atoms with E-state index in [0.717, 1.165) is 17.5 Å². The number of carbonyl (C=O) groups excluding carboxylic acids is 1. The maximum absolute atomic E-state index is 12.5. The van der Waals surface area contributed by atoms with E-state index in [0.29, 0.717) is 17.9 Å². The zero-order valence-electron chi connectivity index (χ0n) is 17.6. The van der Waals surface area contributed by atoms with Crippen molar-refractivity contribution in [2.45, 2.75) is 32.9 Å². The zero-order valence-corrected chi connectivity index (χ0v) is 17.6. The molecule has 0 aliphatic carbocycles. The number of aryl methyl sites for hydroxylation is 1. The van der Waals surface area contributed by atoms with Crippen LogP contribution in [0.2, 0.25) is 0 Å². The summed E-state index contributed by atoms with van der Waals surface area (Å²) in [7, 11) is 0. The lowest BCUT2D eigenvalue weighted by Gasteiger charge is -2.16. The van der Waals surface area contributed by atoms with Crippen molar-refractivity contribution in [2.75, 3.05) is 5.32 Å². The van der Waals surface area contributed by atoms with Gasteiger partial charge in [0.2, 0.25) is 0 Å². The molecule has 7 nitrogen and oxygen atoms in total. The summed E-state index contributed by atoms with van der Waals surface area (Å²) in [5.41, 5.74) is 4.23. The molecule has 7 heteroatoms. The van der Waals surface area contributed by atoms with E-state index >= 15 is 0 Å². The minimum absolute atomic E-state index is 0.120. The number of pyridine rings is 1. The van der Waals surface area contributed by atoms with E-state index in [4.69, 9.17) is 0 Å². The van der Waals surface area contributed by atoms with Crippen molar-refractivity contribution in [2.24, 2.45) is 0 Å². The van der Waals surface area contributed by atoms with Crippen LogP contribution < -0.4 is 16.3 Å². The molecule has 2 heterocycles. The minimum atomic E-state index is -0.283. The van der Waals surface area contributed by atoms with Gasteiger partial charge in [0.25, 0.3) is 0 Å². The number of aromatic nitrogens is 3. The second kappa shape index (κ2) is 8.87. The first-order valence-corrected chi connectivity index (χ1v) is 10.3. The molecular weight excluding hydrogens is 390 g/mol. The van der Waals surface area contributed by atoms with Gasteiger partial charge in [-0.15, -0.1) is 5.10 Å². The van der Waals surface area contributed by atoms with Crippen LogP contribution in [-0.4, -0.2) is 20.2 Å². The Balaban J connectivity index is 1.42. The highest BCUT2D eigenvalue weighted by Crippen LogP contribution is 2.15. The lowest BCUT2D eigenvalue weighted by Crippen LogP contribution is -2.31. The van der Waals surface area contributed by atoms with Gasteiger partial charge < -0.3 is 10.6 Å². The molecule has 2 aromatic carbocycles. The smallest absolute Gasteiger partial charge is 0.331 e. The highest BCUT2D eigenvalue weighted by atomic mass is 16.2. The molecule has 1 unspecified atom stereocenters. The van der Waals surface area contributed by atoms with Crippen molar-refractivity contribution in [3.05, 3.63) is 100 Å². The highest BCUT2D eigenvalue weighted by molar-refractivity contribution is 5.89. The minimum Gasteiger partial charge on any atom is -0.331 e. The van der Waals surface area contributed by atoms with Crippen molar-refractivity contribution in [3.8, 4) is 0 Å². The number of hydrogen-bond donors (Lipinski definition) is 2. The van der Waals surface area contributed by atoms with Crippen molar-refractivity contribution in [3.63, 3.8) is 0 Å². The summed E-state index contributed by atoms with van der Waals surface area (Å²) in [5, 5.41) is 10.2. The maximum atomic E-state index is 12.5. The third-order valence-electron chi connectivity index (χ3n) is 5.24. The summed E-state index contributed by atoms with van der Waals surface area (Å²) in [6, 6.07) is 20.7. The van der Waals surface area contributed by atoms with Crippen LogP contribution in [0, 0.1) is 0 Å². The van der Waals surface area contributed by atoms with E-state index in [1.165, 1.54) is 14.6 Å². The van der Waals surface area contributed by atoms with Crippen LogP contribution in [-0.2, 0) is 13.0 Å². The Morgan fingerprint density at radius 1 is 1.03 bits per heavy atom. The molecule has 2 amide bonds. The highest BCUT2D eigenvalue weighted by Gasteiger charge is 2.11. The Labute approximate surface area is 180 Å². The topological polar surface area (TPSA) is 80.4 Å². The Kier molecular flexibility index (Phi) is 5.84. The number of fused-ring (bicyclic) bond motifs is 1. The molecule has 4 aromatic rings. The fourth-order valence-electron chi connectivity index (χ4n) is 3.48. The number of nitrogens with zero attached hydrogens (tertiary/aromatic N) is 3. The number of anilines is 1. The lowest BCUT2D eigenvalue weighted by atomic mass is 10.1. The Morgan fingerprint density at radius 3 is 2.58 bits per heavy atom. The van der Waals surface area contributed by atoms with E-state index in [2.05, 4.69) is 34.8 Å². The van der Waals surface area contributed by atoms with Gasteiger partial charge in [-0.3, -0.25) is 4.40 Å². The molecule has 0 fully saturated rings. The van der Waals surface area contributed by atoms with E-state index in [9.17, 15) is 9.59 Å². The first kappa shape index (κ1) is 20.4. The average Bonchev–Trinajstić information content (AvgIpc) is 3.09. The van der Waals surface area contributed by atoms with Gasteiger partial charge >= 0.3 is 11.7 Å². The maximum Gasteiger partial charge on any atom is 0.350 e. The first-order valence-electron chi connectivity index (χ1n) is 10.3. The summed E-state index contributed by atoms with van der Waals surface area (Å²) < 4.78 is 2.92. The van der Waals surface area contributed by atoms with Gasteiger partial charge in [-0.05, 0) is 54.3 Å². The van der Waals surface area contributed by atoms with E-state index in [-0.39, 0.29) is 17.8 Å². The van der Waals surface area contributed by atoms with Crippen molar-refractivity contribution in [1.82, 2.24) is 19.5 Å². The molecule has 31 heavy (non-hydrogen) atoms. The molecule has 1 atom stereocenters. The number of carbonyl (C=O) groups is 1. The fourth-order valence-corrected chi connectivity index (χ4v) is 3.48. The fraction of sp³-hybridized carbons (Fsp3) is 0.208. The summed E-state index contributed by atoms with van der Waals surface area (Å²) in [5.74, 6) is 0. The Bertz CT molecular complexity index is 1260. The van der Waals surface area contributed by atoms with Gasteiger partial charge in [0.15, 0.2) is 5.65 Å². The number of benzene rings is 2. The number of nitrogens with one attached hydrogen (secondary N) is 2. The third kappa shape index (κ3) is 4.66. The van der Waals surface area contributed by atoms with Gasteiger partial charge in [-0.1, -0.05) is 49.4 Å². The van der Waals surface area contributed by atoms with Crippen LogP contribution in [0.25, 0.3) is 5.65 Å². The predicted molar refractivity (Wildman–Crippen MR) is 121 cm³/mol. The van der Waals surface area contributed by atoms with Crippen molar-refractivity contribution < 1.29 is 4.79 Å². The van der Waals surface area contributed by atoms with E-state index in [1.807, 2.05) is 49.4 Å². The second-order valence-electron chi connectivity index (χ2n) is 7.48. The number of urea groups is 1. The normalized spacial score (nSPS) is 11.9. The number of hydrogen-bond acceptors (Lipinski definition) is 3. The standard InChI is InChI=1S/C24H25N5O2/c1-3-18-10-12-20(13-11-18)17(2)25-23(30)26-21-8-6-7-19(15-21)16-29-24(31)28-14-5-4-9-22(28)27-29/h4-15,17H,3,16H2,1-2H3,(H2,25,26,30). The second-order valence-corrected chi connectivity index (χ2v) is 7.48. The van der Waals surface area contributed by atoms with Crippen molar-refractivity contribution in [1.29, 1.82) is 0 Å². The van der Waals surface area contributed by atoms with Crippen LogP contribution in [0.3, 0.4) is 0 Å². The van der Waals surface area contributed by atoms with Gasteiger partial charge in [0, 0.05) is 11.9 Å². The summed E-state index contributed by atoms with van der Waals surface area (Å²) in [6.45, 7) is 4.38. The molecule has 0 aliphatic rings. The van der Waals surface area contributed by atoms with E-state index in [1.54, 1.807) is 18.3 Å². The predicted octanol–water partition coefficient (Wildman–Crippen LogP) is 3.99. The summed E-state index contributed by atoms with van der Waals surface area (Å²) in [6.07, 6.45) is 2.68. The van der Waals surface area contributed by atoms with Crippen LogP contribution in [0.4, 0.5) is 10.5 Å². The lowest BCUT2D eigenvalue weighted by molar-refractivity contribution is 0.249. The molecule has 0 saturated heterocycles. The SMILES string of the molecule is CCc1ccc(C(C)NC(=O)Nc2cccc(Cn3nc4ccccn4c3=O)c2)cc1. The van der Waals surface area contributed by atoms with Gasteiger partial charge in [-0.2, -0.15) is 0 Å². The van der Waals surface area contributed by atoms with Crippen LogP contribution in [0.15, 0.2) is 77.7 Å². The molecule has 0 bridgehead atoms. The van der Waals surface area contributed by atoms with Gasteiger partial charge in [0.05, 0.1) is 12.6 Å². The van der Waals surface area contributed by atoms with Crippen LogP contribution in [0.5, 0.6) is 0 Å². The molecule has 2 N–H and O–H groups in total.